The number of terminal acetylenes is 1. The van der Waals surface area contributed by atoms with Gasteiger partial charge >= 0.3 is 5.97 Å². The summed E-state index contributed by atoms with van der Waals surface area (Å²) in [5.41, 5.74) is 0. The number of nitrogens with one attached hydrogen (secondary N) is 1. The second-order valence-electron chi connectivity index (χ2n) is 3.47. The normalized spacial score (nSPS) is 25.4. The van der Waals surface area contributed by atoms with Crippen LogP contribution in [0.5, 0.6) is 0 Å². The molecule has 14 heavy (non-hydrogen) atoms. The van der Waals surface area contributed by atoms with Crippen molar-refractivity contribution in [3.8, 4) is 12.3 Å². The van der Waals surface area contributed by atoms with E-state index in [4.69, 9.17) is 11.5 Å². The molecule has 1 aliphatic rings. The van der Waals surface area contributed by atoms with Gasteiger partial charge in [-0.3, -0.25) is 9.59 Å². The van der Waals surface area contributed by atoms with E-state index in [1.165, 1.54) is 0 Å². The molecule has 76 valence electrons. The molecule has 1 aliphatic carbocycles. The minimum Gasteiger partial charge on any atom is -0.481 e. The zero-order valence-electron chi connectivity index (χ0n) is 7.82. The Balaban J connectivity index is 2.38. The van der Waals surface area contributed by atoms with Gasteiger partial charge in [0.2, 0.25) is 5.91 Å². The van der Waals surface area contributed by atoms with Crippen molar-refractivity contribution < 1.29 is 14.7 Å². The lowest BCUT2D eigenvalue weighted by Gasteiger charge is -2.08. The second-order valence-corrected chi connectivity index (χ2v) is 3.47. The molecule has 1 fully saturated rings. The van der Waals surface area contributed by atoms with E-state index in [0.29, 0.717) is 19.3 Å². The lowest BCUT2D eigenvalue weighted by Crippen LogP contribution is -2.29. The van der Waals surface area contributed by atoms with Crippen LogP contribution in [-0.4, -0.2) is 23.5 Å². The molecule has 1 rings (SSSR count). The SMILES string of the molecule is C#CCNC(=O)[C@@H]1CC[C@H](C(=O)O)C1. The van der Waals surface area contributed by atoms with Gasteiger partial charge in [0, 0.05) is 5.92 Å². The molecule has 2 N–H and O–H groups in total. The third-order valence-corrected chi connectivity index (χ3v) is 2.52. The van der Waals surface area contributed by atoms with Crippen LogP contribution in [0.15, 0.2) is 0 Å². The molecule has 0 heterocycles. The average molecular weight is 195 g/mol. The fourth-order valence-corrected chi connectivity index (χ4v) is 1.73. The molecule has 4 nitrogen and oxygen atoms in total. The van der Waals surface area contributed by atoms with Gasteiger partial charge in [0.25, 0.3) is 0 Å². The second kappa shape index (κ2) is 4.66. The Morgan fingerprint density at radius 3 is 2.57 bits per heavy atom. The monoisotopic (exact) mass is 195 g/mol. The molecule has 2 atom stereocenters. The number of carboxylic acid groups (broad SMARTS) is 1. The van der Waals surface area contributed by atoms with Gasteiger partial charge in [-0.2, -0.15) is 0 Å². The third kappa shape index (κ3) is 2.49. The van der Waals surface area contributed by atoms with Crippen LogP contribution in [0.3, 0.4) is 0 Å². The molecule has 0 aliphatic heterocycles. The minimum absolute atomic E-state index is 0.119. The number of carbonyl (C=O) groups is 2. The first-order chi connectivity index (χ1) is 6.65. The summed E-state index contributed by atoms with van der Waals surface area (Å²) in [6, 6.07) is 0. The molecule has 0 bridgehead atoms. The zero-order valence-corrected chi connectivity index (χ0v) is 7.82. The molecule has 0 radical (unpaired) electrons. The maximum Gasteiger partial charge on any atom is 0.306 e. The molecule has 0 saturated heterocycles. The minimum atomic E-state index is -0.808. The van der Waals surface area contributed by atoms with E-state index < -0.39 is 5.97 Å². The van der Waals surface area contributed by atoms with Crippen molar-refractivity contribution in [2.75, 3.05) is 6.54 Å². The smallest absolute Gasteiger partial charge is 0.306 e. The van der Waals surface area contributed by atoms with Crippen LogP contribution in [0.1, 0.15) is 19.3 Å². The standard InChI is InChI=1S/C10H13NO3/c1-2-5-11-9(12)7-3-4-8(6-7)10(13)14/h1,7-8H,3-6H2,(H,11,12)(H,13,14)/t7-,8+/m1/s1. The first-order valence-corrected chi connectivity index (χ1v) is 4.59. The van der Waals surface area contributed by atoms with E-state index >= 15 is 0 Å². The van der Waals surface area contributed by atoms with E-state index in [2.05, 4.69) is 11.2 Å². The quantitative estimate of drug-likeness (QED) is 0.634. The Labute approximate surface area is 82.7 Å². The van der Waals surface area contributed by atoms with Crippen molar-refractivity contribution in [1.82, 2.24) is 5.32 Å². The number of hydrogen-bond donors (Lipinski definition) is 2. The van der Waals surface area contributed by atoms with Gasteiger partial charge in [-0.15, -0.1) is 6.42 Å². The van der Waals surface area contributed by atoms with E-state index in [1.807, 2.05) is 0 Å². The molecule has 1 amide bonds. The fourth-order valence-electron chi connectivity index (χ4n) is 1.73. The first kappa shape index (κ1) is 10.6. The molecular weight excluding hydrogens is 182 g/mol. The number of carboxylic acids is 1. The van der Waals surface area contributed by atoms with Crippen molar-refractivity contribution in [1.29, 1.82) is 0 Å². The van der Waals surface area contributed by atoms with E-state index in [1.54, 1.807) is 0 Å². The third-order valence-electron chi connectivity index (χ3n) is 2.52. The number of rotatable bonds is 3. The van der Waals surface area contributed by atoms with Crippen LogP contribution in [0.25, 0.3) is 0 Å². The highest BCUT2D eigenvalue weighted by Crippen LogP contribution is 2.30. The van der Waals surface area contributed by atoms with Gasteiger partial charge in [-0.05, 0) is 19.3 Å². The van der Waals surface area contributed by atoms with E-state index in [9.17, 15) is 9.59 Å². The van der Waals surface area contributed by atoms with Crippen LogP contribution >= 0.6 is 0 Å². The Hall–Kier alpha value is -1.50. The molecule has 0 aromatic rings. The van der Waals surface area contributed by atoms with Gasteiger partial charge in [0.1, 0.15) is 0 Å². The zero-order chi connectivity index (χ0) is 10.6. The summed E-state index contributed by atoms with van der Waals surface area (Å²) in [6.07, 6.45) is 6.66. The summed E-state index contributed by atoms with van der Waals surface area (Å²) in [5, 5.41) is 11.3. The lowest BCUT2D eigenvalue weighted by atomic mass is 10.0. The molecular formula is C10H13NO3. The highest BCUT2D eigenvalue weighted by atomic mass is 16.4. The van der Waals surface area contributed by atoms with Gasteiger partial charge in [-0.1, -0.05) is 5.92 Å². The fraction of sp³-hybridized carbons (Fsp3) is 0.600. The predicted molar refractivity (Wildman–Crippen MR) is 50.3 cm³/mol. The Morgan fingerprint density at radius 1 is 1.43 bits per heavy atom. The van der Waals surface area contributed by atoms with Gasteiger partial charge in [0.05, 0.1) is 12.5 Å². The molecule has 0 spiro atoms. The van der Waals surface area contributed by atoms with Crippen LogP contribution in [0, 0.1) is 24.2 Å². The van der Waals surface area contributed by atoms with Gasteiger partial charge in [0.15, 0.2) is 0 Å². The van der Waals surface area contributed by atoms with Crippen LogP contribution < -0.4 is 5.32 Å². The van der Waals surface area contributed by atoms with Crippen molar-refractivity contribution in [3.63, 3.8) is 0 Å². The highest BCUT2D eigenvalue weighted by molar-refractivity contribution is 5.81. The maximum absolute atomic E-state index is 11.4. The van der Waals surface area contributed by atoms with Gasteiger partial charge < -0.3 is 10.4 Å². The largest absolute Gasteiger partial charge is 0.481 e. The van der Waals surface area contributed by atoms with E-state index in [-0.39, 0.29) is 24.3 Å². The van der Waals surface area contributed by atoms with Crippen LogP contribution in [0.4, 0.5) is 0 Å². The summed E-state index contributed by atoms with van der Waals surface area (Å²) < 4.78 is 0. The molecule has 0 unspecified atom stereocenters. The predicted octanol–water partition coefficient (Wildman–Crippen LogP) is 0.237. The maximum atomic E-state index is 11.4. The lowest BCUT2D eigenvalue weighted by molar-refractivity contribution is -0.141. The summed E-state index contributed by atoms with van der Waals surface area (Å²) in [5.74, 6) is 0.840. The summed E-state index contributed by atoms with van der Waals surface area (Å²) in [4.78, 5) is 22.0. The summed E-state index contributed by atoms with van der Waals surface area (Å²) in [7, 11) is 0. The molecule has 4 heteroatoms. The molecule has 1 saturated carbocycles. The topological polar surface area (TPSA) is 66.4 Å². The Bertz CT molecular complexity index is 280. The van der Waals surface area contributed by atoms with Crippen molar-refractivity contribution in [3.05, 3.63) is 0 Å². The summed E-state index contributed by atoms with van der Waals surface area (Å²) in [6.45, 7) is 0.215. The van der Waals surface area contributed by atoms with Gasteiger partial charge in [-0.25, -0.2) is 0 Å². The average Bonchev–Trinajstić information content (AvgIpc) is 2.62. The number of hydrogen-bond acceptors (Lipinski definition) is 2. The Kier molecular flexibility index (Phi) is 3.52. The van der Waals surface area contributed by atoms with E-state index in [0.717, 1.165) is 0 Å². The Morgan fingerprint density at radius 2 is 2.07 bits per heavy atom. The number of aliphatic carboxylic acids is 1. The number of carbonyl (C=O) groups excluding carboxylic acids is 1. The molecule has 0 aromatic carbocycles. The number of amides is 1. The first-order valence-electron chi connectivity index (χ1n) is 4.59. The highest BCUT2D eigenvalue weighted by Gasteiger charge is 2.33. The van der Waals surface area contributed by atoms with Crippen molar-refractivity contribution >= 4 is 11.9 Å². The van der Waals surface area contributed by atoms with Crippen molar-refractivity contribution in [2.24, 2.45) is 11.8 Å². The van der Waals surface area contributed by atoms with Crippen LogP contribution in [-0.2, 0) is 9.59 Å². The molecule has 0 aromatic heterocycles. The summed E-state index contributed by atoms with van der Waals surface area (Å²) >= 11 is 0. The van der Waals surface area contributed by atoms with Crippen LogP contribution in [0.2, 0.25) is 0 Å². The van der Waals surface area contributed by atoms with Crippen molar-refractivity contribution in [2.45, 2.75) is 19.3 Å².